The van der Waals surface area contributed by atoms with Crippen LogP contribution in [0.2, 0.25) is 5.28 Å². The van der Waals surface area contributed by atoms with Gasteiger partial charge in [0.25, 0.3) is 5.91 Å². The molecule has 1 spiro atoms. The molecule has 1 aromatic heterocycles. The Balaban J connectivity index is 1.90. The molecule has 0 saturated carbocycles. The summed E-state index contributed by atoms with van der Waals surface area (Å²) in [7, 11) is 0. The molecule has 2 aliphatic rings. The van der Waals surface area contributed by atoms with Crippen molar-refractivity contribution in [3.63, 3.8) is 0 Å². The van der Waals surface area contributed by atoms with Crippen molar-refractivity contribution >= 4 is 34.7 Å². The summed E-state index contributed by atoms with van der Waals surface area (Å²) in [6, 6.07) is 2.94. The highest BCUT2D eigenvalue weighted by Crippen LogP contribution is 2.42. The zero-order valence-electron chi connectivity index (χ0n) is 12.9. The van der Waals surface area contributed by atoms with Crippen LogP contribution >= 0.6 is 11.6 Å². The van der Waals surface area contributed by atoms with Gasteiger partial charge in [0.1, 0.15) is 22.9 Å². The molecule has 1 fully saturated rings. The van der Waals surface area contributed by atoms with Crippen LogP contribution in [-0.4, -0.2) is 34.6 Å². The Kier molecular flexibility index (Phi) is 3.81. The van der Waals surface area contributed by atoms with E-state index in [0.29, 0.717) is 31.9 Å². The molecule has 6 nitrogen and oxygen atoms in total. The smallest absolute Gasteiger partial charge is 0.257 e. The van der Waals surface area contributed by atoms with Gasteiger partial charge in [-0.05, 0) is 23.7 Å². The maximum atomic E-state index is 13.7. The quantitative estimate of drug-likeness (QED) is 0.786. The topological polar surface area (TPSA) is 67.4 Å². The molecule has 2 aliphatic heterocycles. The summed E-state index contributed by atoms with van der Waals surface area (Å²) in [5, 5.41) is 3.15. The monoisotopic (exact) mass is 366 g/mol. The Morgan fingerprint density at radius 1 is 1.20 bits per heavy atom. The molecular weight excluding hydrogens is 354 g/mol. The third-order valence-electron chi connectivity index (χ3n) is 4.40. The number of anilines is 3. The van der Waals surface area contributed by atoms with E-state index in [-0.39, 0.29) is 22.6 Å². The van der Waals surface area contributed by atoms with E-state index in [1.165, 1.54) is 11.1 Å². The number of carbonyl (C=O) groups is 1. The van der Waals surface area contributed by atoms with Crippen LogP contribution in [0.4, 0.5) is 26.0 Å². The zero-order valence-corrected chi connectivity index (χ0v) is 13.7. The van der Waals surface area contributed by atoms with E-state index in [2.05, 4.69) is 15.3 Å². The summed E-state index contributed by atoms with van der Waals surface area (Å²) < 4.78 is 32.8. The molecule has 0 radical (unpaired) electrons. The van der Waals surface area contributed by atoms with Gasteiger partial charge in [-0.3, -0.25) is 9.69 Å². The van der Waals surface area contributed by atoms with E-state index in [9.17, 15) is 13.6 Å². The highest BCUT2D eigenvalue weighted by atomic mass is 35.5. The maximum absolute atomic E-state index is 13.7. The lowest BCUT2D eigenvalue weighted by molar-refractivity contribution is -0.125. The number of carbonyl (C=O) groups excluding carboxylic acids is 1. The number of halogens is 3. The molecule has 130 valence electrons. The number of hydrogen-bond acceptors (Lipinski definition) is 5. The van der Waals surface area contributed by atoms with Gasteiger partial charge in [0.15, 0.2) is 5.82 Å². The average Bonchev–Trinajstić information content (AvgIpc) is 2.56. The van der Waals surface area contributed by atoms with Crippen LogP contribution in [0.25, 0.3) is 0 Å². The first-order chi connectivity index (χ1) is 12.0. The van der Waals surface area contributed by atoms with Crippen molar-refractivity contribution < 1.29 is 18.3 Å². The number of amides is 1. The van der Waals surface area contributed by atoms with Crippen LogP contribution in [0.5, 0.6) is 0 Å². The van der Waals surface area contributed by atoms with Gasteiger partial charge < -0.3 is 10.1 Å². The van der Waals surface area contributed by atoms with Gasteiger partial charge in [-0.25, -0.2) is 13.8 Å². The SMILES string of the molecule is O=C1N(c2cc(F)cc(F)c2)c2cnc(Cl)nc2NC12CCOCC2. The van der Waals surface area contributed by atoms with Crippen molar-refractivity contribution in [2.75, 3.05) is 23.4 Å². The fraction of sp³-hybridized carbons (Fsp3) is 0.312. The second-order valence-corrected chi connectivity index (χ2v) is 6.30. The van der Waals surface area contributed by atoms with Crippen molar-refractivity contribution in [3.8, 4) is 0 Å². The van der Waals surface area contributed by atoms with E-state index >= 15 is 0 Å². The predicted octanol–water partition coefficient (Wildman–Crippen LogP) is 3.05. The van der Waals surface area contributed by atoms with Crippen LogP contribution in [0.3, 0.4) is 0 Å². The summed E-state index contributed by atoms with van der Waals surface area (Å²) in [4.78, 5) is 22.5. The standard InChI is InChI=1S/C16H13ClF2N4O2/c17-15-20-8-12-13(21-15)22-16(1-3-25-4-2-16)14(24)23(12)11-6-9(18)5-10(19)7-11/h5-8H,1-4H2,(H,20,21,22). The normalized spacial score (nSPS) is 18.8. The number of hydrogen-bond donors (Lipinski definition) is 1. The predicted molar refractivity (Wildman–Crippen MR) is 87.0 cm³/mol. The molecule has 2 aromatic rings. The fourth-order valence-electron chi connectivity index (χ4n) is 3.20. The van der Waals surface area contributed by atoms with Gasteiger partial charge >= 0.3 is 0 Å². The minimum absolute atomic E-state index is 0.00758. The van der Waals surface area contributed by atoms with E-state index < -0.39 is 17.2 Å². The first-order valence-electron chi connectivity index (χ1n) is 7.68. The Hall–Kier alpha value is -2.32. The number of nitrogens with one attached hydrogen (secondary N) is 1. The van der Waals surface area contributed by atoms with Crippen molar-refractivity contribution in [1.29, 1.82) is 0 Å². The van der Waals surface area contributed by atoms with Crippen LogP contribution in [0, 0.1) is 11.6 Å². The molecule has 0 unspecified atom stereocenters. The molecule has 4 rings (SSSR count). The van der Waals surface area contributed by atoms with E-state index in [4.69, 9.17) is 16.3 Å². The second kappa shape index (κ2) is 5.89. The zero-order chi connectivity index (χ0) is 17.6. The van der Waals surface area contributed by atoms with Gasteiger partial charge in [-0.15, -0.1) is 0 Å². The Labute approximate surface area is 146 Å². The first-order valence-corrected chi connectivity index (χ1v) is 8.05. The molecule has 1 aromatic carbocycles. The second-order valence-electron chi connectivity index (χ2n) is 5.96. The van der Waals surface area contributed by atoms with E-state index in [0.717, 1.165) is 18.2 Å². The largest absolute Gasteiger partial charge is 0.381 e. The van der Waals surface area contributed by atoms with Gasteiger partial charge in [0.05, 0.1) is 11.9 Å². The Bertz CT molecular complexity index is 838. The third kappa shape index (κ3) is 2.71. The first kappa shape index (κ1) is 16.2. The van der Waals surface area contributed by atoms with Gasteiger partial charge in [0, 0.05) is 32.1 Å². The molecular formula is C16H13ClF2N4O2. The Morgan fingerprint density at radius 3 is 2.56 bits per heavy atom. The van der Waals surface area contributed by atoms with E-state index in [1.54, 1.807) is 0 Å². The van der Waals surface area contributed by atoms with Gasteiger partial charge in [-0.1, -0.05) is 0 Å². The molecule has 0 bridgehead atoms. The number of benzene rings is 1. The van der Waals surface area contributed by atoms with Crippen LogP contribution in [0.1, 0.15) is 12.8 Å². The summed E-state index contributed by atoms with van der Waals surface area (Å²) in [6.07, 6.45) is 2.16. The van der Waals surface area contributed by atoms with Crippen LogP contribution in [-0.2, 0) is 9.53 Å². The lowest BCUT2D eigenvalue weighted by atomic mass is 9.86. The van der Waals surface area contributed by atoms with Crippen molar-refractivity contribution in [1.82, 2.24) is 9.97 Å². The molecule has 9 heteroatoms. The summed E-state index contributed by atoms with van der Waals surface area (Å²) in [5.41, 5.74) is -0.607. The lowest BCUT2D eigenvalue weighted by Gasteiger charge is -2.44. The molecule has 1 saturated heterocycles. The minimum atomic E-state index is -0.967. The molecule has 0 atom stereocenters. The highest BCUT2D eigenvalue weighted by Gasteiger charge is 2.48. The van der Waals surface area contributed by atoms with E-state index in [1.807, 2.05) is 0 Å². The number of fused-ring (bicyclic) bond motifs is 1. The van der Waals surface area contributed by atoms with Crippen molar-refractivity contribution in [2.24, 2.45) is 0 Å². The van der Waals surface area contributed by atoms with Gasteiger partial charge in [-0.2, -0.15) is 4.98 Å². The summed E-state index contributed by atoms with van der Waals surface area (Å²) in [5.74, 6) is -1.55. The van der Waals surface area contributed by atoms with Crippen molar-refractivity contribution in [2.45, 2.75) is 18.4 Å². The van der Waals surface area contributed by atoms with Gasteiger partial charge in [0.2, 0.25) is 5.28 Å². The molecule has 1 N–H and O–H groups in total. The summed E-state index contributed by atoms with van der Waals surface area (Å²) in [6.45, 7) is 0.774. The number of ether oxygens (including phenoxy) is 1. The third-order valence-corrected chi connectivity index (χ3v) is 4.59. The number of rotatable bonds is 1. The molecule has 1 amide bonds. The number of nitrogens with zero attached hydrogens (tertiary/aromatic N) is 3. The molecule has 3 heterocycles. The molecule has 0 aliphatic carbocycles. The highest BCUT2D eigenvalue weighted by molar-refractivity contribution is 6.28. The van der Waals surface area contributed by atoms with Crippen molar-refractivity contribution in [3.05, 3.63) is 41.3 Å². The lowest BCUT2D eigenvalue weighted by Crippen LogP contribution is -2.59. The van der Waals surface area contributed by atoms with Crippen LogP contribution < -0.4 is 10.2 Å². The average molecular weight is 367 g/mol. The minimum Gasteiger partial charge on any atom is -0.381 e. The number of aromatic nitrogens is 2. The molecule has 25 heavy (non-hydrogen) atoms. The van der Waals surface area contributed by atoms with Crippen LogP contribution in [0.15, 0.2) is 24.4 Å². The maximum Gasteiger partial charge on any atom is 0.257 e. The Morgan fingerprint density at radius 2 is 1.88 bits per heavy atom. The fourth-order valence-corrected chi connectivity index (χ4v) is 3.33. The summed E-state index contributed by atoms with van der Waals surface area (Å²) >= 11 is 5.87.